The Bertz CT molecular complexity index is 322. The number of carbonyl (C=O) groups is 2. The quantitative estimate of drug-likeness (QED) is 0.762. The Labute approximate surface area is 101 Å². The van der Waals surface area contributed by atoms with Crippen molar-refractivity contribution >= 4 is 11.9 Å². The first kappa shape index (κ1) is 12.4. The van der Waals surface area contributed by atoms with Gasteiger partial charge in [-0.05, 0) is 25.7 Å². The van der Waals surface area contributed by atoms with Gasteiger partial charge < -0.3 is 15.2 Å². The molecule has 5 nitrogen and oxygen atoms in total. The predicted molar refractivity (Wildman–Crippen MR) is 60.5 cm³/mol. The summed E-state index contributed by atoms with van der Waals surface area (Å²) in [7, 11) is 0. The average Bonchev–Trinajstić information content (AvgIpc) is 3.10. The Kier molecular flexibility index (Phi) is 3.38. The van der Waals surface area contributed by atoms with Crippen molar-refractivity contribution in [3.8, 4) is 0 Å². The van der Waals surface area contributed by atoms with Gasteiger partial charge in [0, 0.05) is 18.8 Å². The number of carboxylic acid groups (broad SMARTS) is 1. The zero-order valence-corrected chi connectivity index (χ0v) is 10.1. The predicted octanol–water partition coefficient (Wildman–Crippen LogP) is 0.782. The SMILES string of the molecule is CCC1(NC(=O)C2CC2C(=O)O)CCOCC1. The minimum absolute atomic E-state index is 0.0962. The third-order valence-corrected chi connectivity index (χ3v) is 3.96. The summed E-state index contributed by atoms with van der Waals surface area (Å²) in [6.07, 6.45) is 2.99. The summed E-state index contributed by atoms with van der Waals surface area (Å²) in [6, 6.07) is 0. The second-order valence-electron chi connectivity index (χ2n) is 5.02. The summed E-state index contributed by atoms with van der Waals surface area (Å²) in [6.45, 7) is 3.38. The molecule has 0 bridgehead atoms. The number of hydrogen-bond acceptors (Lipinski definition) is 3. The number of carboxylic acids is 1. The Morgan fingerprint density at radius 1 is 1.35 bits per heavy atom. The molecule has 5 heteroatoms. The topological polar surface area (TPSA) is 75.6 Å². The van der Waals surface area contributed by atoms with Crippen LogP contribution in [-0.4, -0.2) is 35.7 Å². The number of aliphatic carboxylic acids is 1. The van der Waals surface area contributed by atoms with Gasteiger partial charge in [0.2, 0.25) is 5.91 Å². The molecule has 0 aromatic rings. The molecule has 2 atom stereocenters. The van der Waals surface area contributed by atoms with Crippen LogP contribution in [-0.2, 0) is 14.3 Å². The number of carbonyl (C=O) groups excluding carboxylic acids is 1. The van der Waals surface area contributed by atoms with Gasteiger partial charge >= 0.3 is 5.97 Å². The van der Waals surface area contributed by atoms with E-state index in [2.05, 4.69) is 5.32 Å². The van der Waals surface area contributed by atoms with E-state index in [0.717, 1.165) is 19.3 Å². The van der Waals surface area contributed by atoms with Crippen LogP contribution in [0.2, 0.25) is 0 Å². The number of rotatable bonds is 4. The molecule has 1 aliphatic carbocycles. The molecule has 1 saturated heterocycles. The van der Waals surface area contributed by atoms with Crippen molar-refractivity contribution in [1.29, 1.82) is 0 Å². The highest BCUT2D eigenvalue weighted by molar-refractivity contribution is 5.89. The first-order chi connectivity index (χ1) is 8.08. The third-order valence-electron chi connectivity index (χ3n) is 3.96. The zero-order chi connectivity index (χ0) is 12.5. The fourth-order valence-corrected chi connectivity index (χ4v) is 2.44. The van der Waals surface area contributed by atoms with Gasteiger partial charge in [-0.3, -0.25) is 9.59 Å². The molecule has 0 radical (unpaired) electrons. The number of ether oxygens (including phenoxy) is 1. The van der Waals surface area contributed by atoms with Gasteiger partial charge in [0.15, 0.2) is 0 Å². The van der Waals surface area contributed by atoms with Crippen LogP contribution in [0.4, 0.5) is 0 Å². The van der Waals surface area contributed by atoms with Crippen LogP contribution in [0.3, 0.4) is 0 Å². The second kappa shape index (κ2) is 4.64. The maximum Gasteiger partial charge on any atom is 0.307 e. The standard InChI is InChI=1S/C12H19NO4/c1-2-12(3-5-17-6-4-12)13-10(14)8-7-9(8)11(15)16/h8-9H,2-7H2,1H3,(H,13,14)(H,15,16). The van der Waals surface area contributed by atoms with E-state index in [1.165, 1.54) is 0 Å². The van der Waals surface area contributed by atoms with E-state index in [4.69, 9.17) is 9.84 Å². The van der Waals surface area contributed by atoms with Crippen LogP contribution in [0.25, 0.3) is 0 Å². The lowest BCUT2D eigenvalue weighted by Crippen LogP contribution is -2.52. The van der Waals surface area contributed by atoms with Crippen molar-refractivity contribution < 1.29 is 19.4 Å². The molecule has 0 aromatic heterocycles. The highest BCUT2D eigenvalue weighted by atomic mass is 16.5. The first-order valence-corrected chi connectivity index (χ1v) is 6.20. The number of nitrogens with one attached hydrogen (secondary N) is 1. The summed E-state index contributed by atoms with van der Waals surface area (Å²) in [5.41, 5.74) is -0.180. The van der Waals surface area contributed by atoms with Gasteiger partial charge in [0.25, 0.3) is 0 Å². The van der Waals surface area contributed by atoms with Crippen LogP contribution in [0.15, 0.2) is 0 Å². The summed E-state index contributed by atoms with van der Waals surface area (Å²) in [4.78, 5) is 22.7. The van der Waals surface area contributed by atoms with Crippen molar-refractivity contribution in [2.75, 3.05) is 13.2 Å². The van der Waals surface area contributed by atoms with Gasteiger partial charge in [-0.25, -0.2) is 0 Å². The molecule has 2 rings (SSSR count). The monoisotopic (exact) mass is 241 g/mol. The van der Waals surface area contributed by atoms with Crippen LogP contribution < -0.4 is 5.32 Å². The molecule has 1 heterocycles. The lowest BCUT2D eigenvalue weighted by atomic mass is 9.87. The van der Waals surface area contributed by atoms with Crippen LogP contribution in [0.1, 0.15) is 32.6 Å². The van der Waals surface area contributed by atoms with E-state index in [1.807, 2.05) is 6.92 Å². The van der Waals surface area contributed by atoms with E-state index in [1.54, 1.807) is 0 Å². The molecule has 2 aliphatic rings. The molecule has 0 spiro atoms. The highest BCUT2D eigenvalue weighted by Gasteiger charge is 2.49. The van der Waals surface area contributed by atoms with Gasteiger partial charge in [-0.2, -0.15) is 0 Å². The van der Waals surface area contributed by atoms with Gasteiger partial charge in [0.05, 0.1) is 11.8 Å². The van der Waals surface area contributed by atoms with E-state index >= 15 is 0 Å². The smallest absolute Gasteiger partial charge is 0.307 e. The van der Waals surface area contributed by atoms with E-state index in [-0.39, 0.29) is 17.4 Å². The van der Waals surface area contributed by atoms with Crippen LogP contribution in [0, 0.1) is 11.8 Å². The Hall–Kier alpha value is -1.10. The fraction of sp³-hybridized carbons (Fsp3) is 0.833. The minimum Gasteiger partial charge on any atom is -0.481 e. The molecular weight excluding hydrogens is 222 g/mol. The van der Waals surface area contributed by atoms with Gasteiger partial charge in [-0.15, -0.1) is 0 Å². The molecule has 0 aromatic carbocycles. The molecule has 1 amide bonds. The van der Waals surface area contributed by atoms with Gasteiger partial charge in [-0.1, -0.05) is 6.92 Å². The van der Waals surface area contributed by atoms with Crippen molar-refractivity contribution in [1.82, 2.24) is 5.32 Å². The van der Waals surface area contributed by atoms with Crippen molar-refractivity contribution in [3.63, 3.8) is 0 Å². The largest absolute Gasteiger partial charge is 0.481 e. The molecular formula is C12H19NO4. The number of hydrogen-bond donors (Lipinski definition) is 2. The summed E-state index contributed by atoms with van der Waals surface area (Å²) >= 11 is 0. The van der Waals surface area contributed by atoms with Crippen LogP contribution >= 0.6 is 0 Å². The van der Waals surface area contributed by atoms with Crippen molar-refractivity contribution in [3.05, 3.63) is 0 Å². The normalized spacial score (nSPS) is 30.6. The maximum absolute atomic E-state index is 11.9. The Balaban J connectivity index is 1.91. The minimum atomic E-state index is -0.859. The van der Waals surface area contributed by atoms with Crippen LogP contribution in [0.5, 0.6) is 0 Å². The van der Waals surface area contributed by atoms with E-state index < -0.39 is 11.9 Å². The summed E-state index contributed by atoms with van der Waals surface area (Å²) in [5.74, 6) is -1.74. The Morgan fingerprint density at radius 2 is 2.00 bits per heavy atom. The molecule has 96 valence electrons. The van der Waals surface area contributed by atoms with Gasteiger partial charge in [0.1, 0.15) is 0 Å². The molecule has 2 fully saturated rings. The molecule has 1 aliphatic heterocycles. The van der Waals surface area contributed by atoms with E-state index in [0.29, 0.717) is 19.6 Å². The van der Waals surface area contributed by atoms with Crippen molar-refractivity contribution in [2.24, 2.45) is 11.8 Å². The maximum atomic E-state index is 11.9. The fourth-order valence-electron chi connectivity index (χ4n) is 2.44. The molecule has 2 unspecified atom stereocenters. The highest BCUT2D eigenvalue weighted by Crippen LogP contribution is 2.39. The molecule has 2 N–H and O–H groups in total. The van der Waals surface area contributed by atoms with Crippen molar-refractivity contribution in [2.45, 2.75) is 38.1 Å². The lowest BCUT2D eigenvalue weighted by Gasteiger charge is -2.37. The molecule has 1 saturated carbocycles. The lowest BCUT2D eigenvalue weighted by molar-refractivity contribution is -0.140. The first-order valence-electron chi connectivity index (χ1n) is 6.20. The number of amides is 1. The summed E-state index contributed by atoms with van der Waals surface area (Å²) in [5, 5.41) is 11.8. The average molecular weight is 241 g/mol. The Morgan fingerprint density at radius 3 is 2.47 bits per heavy atom. The zero-order valence-electron chi connectivity index (χ0n) is 10.1. The summed E-state index contributed by atoms with van der Waals surface area (Å²) < 4.78 is 5.30. The third kappa shape index (κ3) is 2.60. The molecule has 17 heavy (non-hydrogen) atoms. The van der Waals surface area contributed by atoms with E-state index in [9.17, 15) is 9.59 Å². The second-order valence-corrected chi connectivity index (χ2v) is 5.02.